The van der Waals surface area contributed by atoms with Gasteiger partial charge in [0.2, 0.25) is 0 Å². The van der Waals surface area contributed by atoms with Crippen LogP contribution in [-0.4, -0.2) is 19.2 Å². The number of carbonyl (C=O) groups excluding carboxylic acids is 1. The van der Waals surface area contributed by atoms with Gasteiger partial charge in [0.25, 0.3) is 0 Å². The monoisotopic (exact) mass is 260 g/mol. The Labute approximate surface area is 114 Å². The van der Waals surface area contributed by atoms with Gasteiger partial charge in [0, 0.05) is 0 Å². The minimum absolute atomic E-state index is 0.0268. The van der Waals surface area contributed by atoms with Crippen LogP contribution in [0.15, 0.2) is 42.5 Å². The molecule has 3 nitrogen and oxygen atoms in total. The SMILES string of the molecule is CC1CC=CCC1COC(=O)COc1ccccc1. The van der Waals surface area contributed by atoms with E-state index in [-0.39, 0.29) is 12.6 Å². The summed E-state index contributed by atoms with van der Waals surface area (Å²) < 4.78 is 10.6. The molecule has 1 aromatic rings. The molecule has 0 heterocycles. The number of hydrogen-bond donors (Lipinski definition) is 0. The molecule has 1 aliphatic carbocycles. The van der Waals surface area contributed by atoms with Crippen LogP contribution in [0.3, 0.4) is 0 Å². The van der Waals surface area contributed by atoms with Crippen LogP contribution in [0.1, 0.15) is 19.8 Å². The molecule has 1 aromatic carbocycles. The highest BCUT2D eigenvalue weighted by Crippen LogP contribution is 2.25. The summed E-state index contributed by atoms with van der Waals surface area (Å²) in [5, 5.41) is 0. The van der Waals surface area contributed by atoms with E-state index in [0.29, 0.717) is 24.2 Å². The van der Waals surface area contributed by atoms with Crippen LogP contribution < -0.4 is 4.74 Å². The van der Waals surface area contributed by atoms with E-state index in [0.717, 1.165) is 12.8 Å². The fraction of sp³-hybridized carbons (Fsp3) is 0.438. The van der Waals surface area contributed by atoms with Crippen molar-refractivity contribution in [3.8, 4) is 5.75 Å². The lowest BCUT2D eigenvalue weighted by Gasteiger charge is -2.24. The summed E-state index contributed by atoms with van der Waals surface area (Å²) in [6.45, 7) is 2.66. The Kier molecular flexibility index (Phi) is 5.01. The van der Waals surface area contributed by atoms with Crippen LogP contribution in [0.4, 0.5) is 0 Å². The lowest BCUT2D eigenvalue weighted by atomic mass is 9.85. The molecule has 2 atom stereocenters. The fourth-order valence-corrected chi connectivity index (χ4v) is 2.14. The zero-order valence-electron chi connectivity index (χ0n) is 11.2. The van der Waals surface area contributed by atoms with Gasteiger partial charge in [0.15, 0.2) is 6.61 Å². The summed E-state index contributed by atoms with van der Waals surface area (Å²) in [6, 6.07) is 9.29. The number of hydrogen-bond acceptors (Lipinski definition) is 3. The molecule has 19 heavy (non-hydrogen) atoms. The van der Waals surface area contributed by atoms with Gasteiger partial charge in [-0.25, -0.2) is 4.79 Å². The Bertz CT molecular complexity index is 425. The quantitative estimate of drug-likeness (QED) is 0.602. The summed E-state index contributed by atoms with van der Waals surface area (Å²) in [4.78, 5) is 11.6. The maximum absolute atomic E-state index is 11.6. The largest absolute Gasteiger partial charge is 0.482 e. The molecule has 0 N–H and O–H groups in total. The first-order valence-electron chi connectivity index (χ1n) is 6.74. The van der Waals surface area contributed by atoms with Crippen LogP contribution in [0.5, 0.6) is 5.75 Å². The molecule has 1 aliphatic rings. The molecule has 2 rings (SSSR count). The third-order valence-electron chi connectivity index (χ3n) is 3.48. The van der Waals surface area contributed by atoms with Crippen LogP contribution in [0.25, 0.3) is 0 Å². The van der Waals surface area contributed by atoms with Crippen molar-refractivity contribution in [2.24, 2.45) is 11.8 Å². The Morgan fingerprint density at radius 1 is 1.21 bits per heavy atom. The minimum Gasteiger partial charge on any atom is -0.482 e. The van der Waals surface area contributed by atoms with E-state index in [1.807, 2.05) is 30.3 Å². The summed E-state index contributed by atoms with van der Waals surface area (Å²) in [7, 11) is 0. The summed E-state index contributed by atoms with van der Waals surface area (Å²) >= 11 is 0. The van der Waals surface area contributed by atoms with Crippen molar-refractivity contribution in [1.82, 2.24) is 0 Å². The Morgan fingerprint density at radius 3 is 2.68 bits per heavy atom. The van der Waals surface area contributed by atoms with Crippen LogP contribution in [0.2, 0.25) is 0 Å². The number of para-hydroxylation sites is 1. The van der Waals surface area contributed by atoms with Gasteiger partial charge >= 0.3 is 5.97 Å². The molecule has 0 amide bonds. The average Bonchev–Trinajstić information content (AvgIpc) is 2.45. The first-order chi connectivity index (χ1) is 9.25. The second kappa shape index (κ2) is 6.98. The van der Waals surface area contributed by atoms with E-state index in [4.69, 9.17) is 9.47 Å². The van der Waals surface area contributed by atoms with Gasteiger partial charge in [-0.1, -0.05) is 37.3 Å². The smallest absolute Gasteiger partial charge is 0.344 e. The molecule has 0 fully saturated rings. The molecule has 0 saturated carbocycles. The number of ether oxygens (including phenoxy) is 2. The van der Waals surface area contributed by atoms with Crippen LogP contribution in [-0.2, 0) is 9.53 Å². The Balaban J connectivity index is 1.69. The summed E-state index contributed by atoms with van der Waals surface area (Å²) in [6.07, 6.45) is 6.43. The van der Waals surface area contributed by atoms with Gasteiger partial charge < -0.3 is 9.47 Å². The molecule has 0 aliphatic heterocycles. The van der Waals surface area contributed by atoms with E-state index in [1.165, 1.54) is 0 Å². The number of rotatable bonds is 5. The standard InChI is InChI=1S/C16H20O3/c1-13-7-5-6-8-14(13)11-19-16(17)12-18-15-9-3-2-4-10-15/h2-6,9-10,13-14H,7-8,11-12H2,1H3. The minimum atomic E-state index is -0.300. The Hall–Kier alpha value is -1.77. The molecule has 0 aromatic heterocycles. The molecular weight excluding hydrogens is 240 g/mol. The topological polar surface area (TPSA) is 35.5 Å². The molecule has 102 valence electrons. The normalized spacial score (nSPS) is 21.9. The fourth-order valence-electron chi connectivity index (χ4n) is 2.14. The zero-order valence-corrected chi connectivity index (χ0v) is 11.2. The van der Waals surface area contributed by atoms with Gasteiger partial charge in [-0.15, -0.1) is 0 Å². The zero-order chi connectivity index (χ0) is 13.5. The molecule has 0 saturated heterocycles. The lowest BCUT2D eigenvalue weighted by molar-refractivity contribution is -0.147. The van der Waals surface area contributed by atoms with Crippen molar-refractivity contribution < 1.29 is 14.3 Å². The first-order valence-corrected chi connectivity index (χ1v) is 6.74. The third-order valence-corrected chi connectivity index (χ3v) is 3.48. The highest BCUT2D eigenvalue weighted by Gasteiger charge is 2.19. The van der Waals surface area contributed by atoms with E-state index < -0.39 is 0 Å². The average molecular weight is 260 g/mol. The van der Waals surface area contributed by atoms with Gasteiger partial charge in [-0.3, -0.25) is 0 Å². The highest BCUT2D eigenvalue weighted by atomic mass is 16.6. The van der Waals surface area contributed by atoms with Crippen molar-refractivity contribution in [3.63, 3.8) is 0 Å². The highest BCUT2D eigenvalue weighted by molar-refractivity contribution is 5.71. The van der Waals surface area contributed by atoms with Gasteiger partial charge in [0.1, 0.15) is 5.75 Å². The lowest BCUT2D eigenvalue weighted by Crippen LogP contribution is -2.24. The Morgan fingerprint density at radius 2 is 1.95 bits per heavy atom. The predicted molar refractivity (Wildman–Crippen MR) is 73.9 cm³/mol. The molecule has 3 heteroatoms. The van der Waals surface area contributed by atoms with Crippen molar-refractivity contribution in [1.29, 1.82) is 0 Å². The molecule has 0 spiro atoms. The first kappa shape index (κ1) is 13.7. The second-order valence-electron chi connectivity index (χ2n) is 4.96. The third kappa shape index (κ3) is 4.43. The van der Waals surface area contributed by atoms with Crippen LogP contribution >= 0.6 is 0 Å². The maximum atomic E-state index is 11.6. The van der Waals surface area contributed by atoms with E-state index in [2.05, 4.69) is 19.1 Å². The summed E-state index contributed by atoms with van der Waals surface area (Å²) in [5.41, 5.74) is 0. The molecule has 0 radical (unpaired) electrons. The number of esters is 1. The molecular formula is C16H20O3. The van der Waals surface area contributed by atoms with Crippen molar-refractivity contribution in [3.05, 3.63) is 42.5 Å². The predicted octanol–water partition coefficient (Wildman–Crippen LogP) is 3.21. The second-order valence-corrected chi connectivity index (χ2v) is 4.96. The van der Waals surface area contributed by atoms with Gasteiger partial charge in [0.05, 0.1) is 6.61 Å². The number of allylic oxidation sites excluding steroid dienone is 2. The van der Waals surface area contributed by atoms with Crippen molar-refractivity contribution in [2.75, 3.05) is 13.2 Å². The maximum Gasteiger partial charge on any atom is 0.344 e. The molecule has 2 unspecified atom stereocenters. The van der Waals surface area contributed by atoms with Gasteiger partial charge in [-0.2, -0.15) is 0 Å². The van der Waals surface area contributed by atoms with Crippen LogP contribution in [0, 0.1) is 11.8 Å². The van der Waals surface area contributed by atoms with E-state index >= 15 is 0 Å². The number of carbonyl (C=O) groups is 1. The number of benzene rings is 1. The summed E-state index contributed by atoms with van der Waals surface area (Å²) in [5.74, 6) is 1.40. The van der Waals surface area contributed by atoms with Crippen molar-refractivity contribution >= 4 is 5.97 Å². The van der Waals surface area contributed by atoms with Crippen molar-refractivity contribution in [2.45, 2.75) is 19.8 Å². The van der Waals surface area contributed by atoms with E-state index in [1.54, 1.807) is 0 Å². The van der Waals surface area contributed by atoms with Gasteiger partial charge in [-0.05, 0) is 36.8 Å². The molecule has 0 bridgehead atoms. The van der Waals surface area contributed by atoms with E-state index in [9.17, 15) is 4.79 Å².